The van der Waals surface area contributed by atoms with Gasteiger partial charge in [-0.05, 0) is 36.3 Å². The number of rotatable bonds is 6. The molecule has 0 saturated heterocycles. The van der Waals surface area contributed by atoms with Crippen LogP contribution in [0.5, 0.6) is 0 Å². The lowest BCUT2D eigenvalue weighted by Gasteiger charge is -2.15. The minimum absolute atomic E-state index is 0.281. The van der Waals surface area contributed by atoms with E-state index in [1.54, 1.807) is 19.2 Å². The van der Waals surface area contributed by atoms with Gasteiger partial charge in [-0.25, -0.2) is 15.0 Å². The molecule has 0 spiro atoms. The van der Waals surface area contributed by atoms with Crippen LogP contribution >= 0.6 is 0 Å². The molecule has 0 bridgehead atoms. The van der Waals surface area contributed by atoms with Crippen molar-refractivity contribution in [2.75, 3.05) is 5.32 Å². The number of nitrogens with one attached hydrogen (secondary N) is 1. The minimum Gasteiger partial charge on any atom is -0.366 e. The van der Waals surface area contributed by atoms with E-state index in [0.29, 0.717) is 18.0 Å². The molecule has 0 saturated carbocycles. The molecular weight excluding hydrogens is 463 g/mol. The maximum absolute atomic E-state index is 13.0. The fourth-order valence-corrected chi connectivity index (χ4v) is 4.73. The van der Waals surface area contributed by atoms with Gasteiger partial charge in [0.2, 0.25) is 0 Å². The fraction of sp³-hybridized carbons (Fsp3) is 0.321. The number of aryl methyl sites for hydroxylation is 2. The molecule has 5 nitrogen and oxygen atoms in total. The van der Waals surface area contributed by atoms with Crippen LogP contribution in [0.2, 0.25) is 0 Å². The van der Waals surface area contributed by atoms with Crippen LogP contribution in [0, 0.1) is 0 Å². The Bertz CT molecular complexity index is 1390. The summed E-state index contributed by atoms with van der Waals surface area (Å²) in [5, 5.41) is 3.49. The summed E-state index contributed by atoms with van der Waals surface area (Å²) in [7, 11) is 1.57. The summed E-state index contributed by atoms with van der Waals surface area (Å²) in [6.45, 7) is 4.89. The Balaban J connectivity index is 1.38. The van der Waals surface area contributed by atoms with Crippen molar-refractivity contribution in [2.45, 2.75) is 51.7 Å². The zero-order valence-corrected chi connectivity index (χ0v) is 20.5. The molecular formula is C28H28F3N5. The summed E-state index contributed by atoms with van der Waals surface area (Å²) >= 11 is 0. The third-order valence-electron chi connectivity index (χ3n) is 6.60. The lowest BCUT2D eigenvalue weighted by atomic mass is 9.96. The smallest absolute Gasteiger partial charge is 0.366 e. The molecule has 0 radical (unpaired) electrons. The van der Waals surface area contributed by atoms with Crippen molar-refractivity contribution < 1.29 is 13.2 Å². The number of nitrogens with zero attached hydrogens (tertiary/aromatic N) is 4. The van der Waals surface area contributed by atoms with Crippen LogP contribution in [0.4, 0.5) is 19.0 Å². The van der Waals surface area contributed by atoms with Gasteiger partial charge < -0.3 is 9.88 Å². The van der Waals surface area contributed by atoms with Gasteiger partial charge in [-0.3, -0.25) is 0 Å². The van der Waals surface area contributed by atoms with Gasteiger partial charge in [-0.15, -0.1) is 0 Å². The molecule has 0 unspecified atom stereocenters. The van der Waals surface area contributed by atoms with Crippen molar-refractivity contribution >= 4 is 5.82 Å². The lowest BCUT2D eigenvalue weighted by Crippen LogP contribution is -2.08. The summed E-state index contributed by atoms with van der Waals surface area (Å²) < 4.78 is 40.5. The average molecular weight is 492 g/mol. The number of anilines is 1. The number of hydrogen-bond donors (Lipinski definition) is 1. The van der Waals surface area contributed by atoms with Crippen LogP contribution < -0.4 is 5.32 Å². The molecule has 0 fully saturated rings. The highest BCUT2D eigenvalue weighted by Crippen LogP contribution is 2.33. The number of hydrogen-bond acceptors (Lipinski definition) is 4. The van der Waals surface area contributed by atoms with Crippen molar-refractivity contribution in [1.29, 1.82) is 0 Å². The quantitative estimate of drug-likeness (QED) is 0.323. The molecule has 1 aliphatic carbocycles. The summed E-state index contributed by atoms with van der Waals surface area (Å²) in [6.07, 6.45) is -0.501. The van der Waals surface area contributed by atoms with E-state index in [1.165, 1.54) is 15.7 Å². The second-order valence-electron chi connectivity index (χ2n) is 9.53. The van der Waals surface area contributed by atoms with Crippen LogP contribution in [0.25, 0.3) is 22.8 Å². The lowest BCUT2D eigenvalue weighted by molar-refractivity contribution is -0.140. The minimum atomic E-state index is -4.47. The maximum Gasteiger partial charge on any atom is 0.434 e. The first kappa shape index (κ1) is 24.0. The van der Waals surface area contributed by atoms with E-state index in [1.807, 2.05) is 24.3 Å². The van der Waals surface area contributed by atoms with Crippen LogP contribution in [0.1, 0.15) is 54.3 Å². The SMILES string of the molecule is CC(C)c1ccccc1-c1nc2c(c(NCc3ccc(-c4nc(C(F)(F)F)cn4C)cc3)n1)CCC2. The molecule has 2 heterocycles. The molecule has 36 heavy (non-hydrogen) atoms. The normalized spacial score (nSPS) is 13.3. The molecule has 4 aromatic rings. The van der Waals surface area contributed by atoms with E-state index in [9.17, 15) is 13.2 Å². The van der Waals surface area contributed by atoms with Crippen LogP contribution in [-0.2, 0) is 32.6 Å². The highest BCUT2D eigenvalue weighted by Gasteiger charge is 2.34. The zero-order valence-electron chi connectivity index (χ0n) is 20.5. The monoisotopic (exact) mass is 491 g/mol. The van der Waals surface area contributed by atoms with Crippen molar-refractivity contribution in [2.24, 2.45) is 7.05 Å². The average Bonchev–Trinajstić information content (AvgIpc) is 3.49. The highest BCUT2D eigenvalue weighted by atomic mass is 19.4. The van der Waals surface area contributed by atoms with Gasteiger partial charge >= 0.3 is 6.18 Å². The second kappa shape index (κ2) is 9.41. The van der Waals surface area contributed by atoms with Crippen LogP contribution in [-0.4, -0.2) is 19.5 Å². The number of aromatic nitrogens is 4. The van der Waals surface area contributed by atoms with E-state index in [2.05, 4.69) is 36.3 Å². The predicted octanol–water partition coefficient (Wildman–Crippen LogP) is 6.79. The van der Waals surface area contributed by atoms with Gasteiger partial charge in [-0.2, -0.15) is 13.2 Å². The van der Waals surface area contributed by atoms with Gasteiger partial charge in [0, 0.05) is 42.2 Å². The van der Waals surface area contributed by atoms with E-state index < -0.39 is 11.9 Å². The van der Waals surface area contributed by atoms with Crippen molar-refractivity contribution in [3.8, 4) is 22.8 Å². The maximum atomic E-state index is 13.0. The van der Waals surface area contributed by atoms with Gasteiger partial charge in [0.25, 0.3) is 0 Å². The fourth-order valence-electron chi connectivity index (χ4n) is 4.73. The summed E-state index contributed by atoms with van der Waals surface area (Å²) in [5.41, 5.74) is 5.29. The van der Waals surface area contributed by atoms with Crippen molar-refractivity contribution in [1.82, 2.24) is 19.5 Å². The molecule has 186 valence electrons. The molecule has 0 atom stereocenters. The summed E-state index contributed by atoms with van der Waals surface area (Å²) in [5.74, 6) is 2.24. The molecule has 0 aliphatic heterocycles. The molecule has 2 aromatic heterocycles. The zero-order chi connectivity index (χ0) is 25.4. The molecule has 0 amide bonds. The number of imidazole rings is 1. The first-order chi connectivity index (χ1) is 17.2. The molecule has 8 heteroatoms. The molecule has 2 aromatic carbocycles. The second-order valence-corrected chi connectivity index (χ2v) is 9.53. The van der Waals surface area contributed by atoms with E-state index >= 15 is 0 Å². The van der Waals surface area contributed by atoms with Gasteiger partial charge in [0.05, 0.1) is 0 Å². The largest absolute Gasteiger partial charge is 0.434 e. The van der Waals surface area contributed by atoms with E-state index in [0.717, 1.165) is 53.9 Å². The molecule has 1 aliphatic rings. The Kier molecular flexibility index (Phi) is 6.28. The Morgan fingerprint density at radius 1 is 0.972 bits per heavy atom. The first-order valence-electron chi connectivity index (χ1n) is 12.1. The van der Waals surface area contributed by atoms with Crippen molar-refractivity contribution in [3.05, 3.63) is 82.8 Å². The predicted molar refractivity (Wildman–Crippen MR) is 135 cm³/mol. The Morgan fingerprint density at radius 3 is 2.42 bits per heavy atom. The number of halogens is 3. The number of alkyl halides is 3. The third kappa shape index (κ3) is 4.72. The topological polar surface area (TPSA) is 55.6 Å². The first-order valence-corrected chi connectivity index (χ1v) is 12.1. The van der Waals surface area contributed by atoms with Gasteiger partial charge in [0.15, 0.2) is 11.5 Å². The van der Waals surface area contributed by atoms with E-state index in [4.69, 9.17) is 9.97 Å². The van der Waals surface area contributed by atoms with Crippen molar-refractivity contribution in [3.63, 3.8) is 0 Å². The highest BCUT2D eigenvalue weighted by molar-refractivity contribution is 5.65. The summed E-state index contributed by atoms with van der Waals surface area (Å²) in [6, 6.07) is 15.7. The molecule has 5 rings (SSSR count). The summed E-state index contributed by atoms with van der Waals surface area (Å²) in [4.78, 5) is 13.6. The Morgan fingerprint density at radius 2 is 1.72 bits per heavy atom. The Hall–Kier alpha value is -3.68. The van der Waals surface area contributed by atoms with Gasteiger partial charge in [0.1, 0.15) is 11.6 Å². The third-order valence-corrected chi connectivity index (χ3v) is 6.60. The number of fused-ring (bicyclic) bond motifs is 1. The number of benzene rings is 2. The van der Waals surface area contributed by atoms with Crippen LogP contribution in [0.3, 0.4) is 0 Å². The standard InChI is InChI=1S/C28H28F3N5/c1-17(2)20-7-4-5-8-21(20)26-33-23-10-6-9-22(23)25(35-26)32-15-18-11-13-19(14-12-18)27-34-24(16-36(27)3)28(29,30)31/h4-5,7-8,11-14,16-17H,6,9-10,15H2,1-3H3,(H,32,33,35). The van der Waals surface area contributed by atoms with Crippen LogP contribution in [0.15, 0.2) is 54.7 Å². The van der Waals surface area contributed by atoms with E-state index in [-0.39, 0.29) is 5.82 Å². The van der Waals surface area contributed by atoms with Gasteiger partial charge in [-0.1, -0.05) is 62.4 Å². The molecule has 1 N–H and O–H groups in total. The Labute approximate surface area is 208 Å².